The molecular weight excluding hydrogens is 286 g/mol. The fourth-order valence-corrected chi connectivity index (χ4v) is 2.71. The number of nitrogens with zero attached hydrogens (tertiary/aromatic N) is 2. The monoisotopic (exact) mass is 315 g/mol. The Morgan fingerprint density at radius 3 is 2.57 bits per heavy atom. The van der Waals surface area contributed by atoms with Gasteiger partial charge in [0.2, 0.25) is 5.96 Å². The van der Waals surface area contributed by atoms with Gasteiger partial charge in [0.05, 0.1) is 0 Å². The zero-order valence-corrected chi connectivity index (χ0v) is 14.7. The fraction of sp³-hybridized carbons (Fsp3) is 0.500. The zero-order valence-electron chi connectivity index (χ0n) is 14.7. The van der Waals surface area contributed by atoms with Crippen molar-refractivity contribution in [3.8, 4) is 0 Å². The maximum atomic E-state index is 6.43. The predicted octanol–water partition coefficient (Wildman–Crippen LogP) is 2.58. The summed E-state index contributed by atoms with van der Waals surface area (Å²) in [6, 6.07) is 6.24. The summed E-state index contributed by atoms with van der Waals surface area (Å²) in [5, 5.41) is 6.54. The van der Waals surface area contributed by atoms with Crippen molar-refractivity contribution in [3.63, 3.8) is 0 Å². The molecule has 0 saturated carbocycles. The number of anilines is 1. The van der Waals surface area contributed by atoms with Crippen LogP contribution in [0.2, 0.25) is 0 Å². The molecule has 23 heavy (non-hydrogen) atoms. The van der Waals surface area contributed by atoms with Crippen molar-refractivity contribution in [2.45, 2.75) is 38.8 Å². The highest BCUT2D eigenvalue weighted by Gasteiger charge is 2.24. The molecule has 4 N–H and O–H groups in total. The van der Waals surface area contributed by atoms with E-state index in [1.165, 1.54) is 11.1 Å². The highest BCUT2D eigenvalue weighted by Crippen LogP contribution is 2.22. The van der Waals surface area contributed by atoms with Crippen LogP contribution in [0.25, 0.3) is 0 Å². The Kier molecular flexibility index (Phi) is 5.80. The largest absolute Gasteiger partial charge is 0.333 e. The van der Waals surface area contributed by atoms with Gasteiger partial charge < -0.3 is 21.3 Å². The van der Waals surface area contributed by atoms with Crippen molar-refractivity contribution in [1.29, 1.82) is 0 Å². The Morgan fingerprint density at radius 1 is 1.22 bits per heavy atom. The highest BCUT2D eigenvalue weighted by molar-refractivity contribution is 5.96. The van der Waals surface area contributed by atoms with Crippen LogP contribution >= 0.6 is 0 Å². The van der Waals surface area contributed by atoms with Gasteiger partial charge in [0.15, 0.2) is 0 Å². The maximum absolute atomic E-state index is 6.43. The molecule has 1 aromatic carbocycles. The number of nitrogens with one attached hydrogen (secondary N) is 2. The summed E-state index contributed by atoms with van der Waals surface area (Å²) in [7, 11) is 4.18. The molecule has 0 saturated heterocycles. The van der Waals surface area contributed by atoms with Gasteiger partial charge in [-0.05, 0) is 71.0 Å². The molecule has 0 radical (unpaired) electrons. The average molecular weight is 315 g/mol. The minimum atomic E-state index is -0.628. The van der Waals surface area contributed by atoms with Crippen LogP contribution in [0.4, 0.5) is 5.69 Å². The lowest BCUT2D eigenvalue weighted by molar-refractivity contribution is 0.376. The quantitative estimate of drug-likeness (QED) is 0.706. The van der Waals surface area contributed by atoms with Crippen LogP contribution in [0.1, 0.15) is 30.4 Å². The zero-order chi connectivity index (χ0) is 16.9. The van der Waals surface area contributed by atoms with Gasteiger partial charge in [-0.25, -0.2) is 4.99 Å². The average Bonchev–Trinajstić information content (AvgIpc) is 2.48. The summed E-state index contributed by atoms with van der Waals surface area (Å²) >= 11 is 0. The van der Waals surface area contributed by atoms with Gasteiger partial charge in [0.25, 0.3) is 0 Å². The molecule has 5 heteroatoms. The number of guanidine groups is 1. The molecule has 1 aliphatic rings. The van der Waals surface area contributed by atoms with Gasteiger partial charge in [0, 0.05) is 11.9 Å². The van der Waals surface area contributed by atoms with Crippen LogP contribution in [0, 0.1) is 13.8 Å². The van der Waals surface area contributed by atoms with Crippen molar-refractivity contribution in [3.05, 3.63) is 41.6 Å². The maximum Gasteiger partial charge on any atom is 0.202 e. The van der Waals surface area contributed by atoms with Crippen molar-refractivity contribution in [2.75, 3.05) is 26.0 Å². The Hall–Kier alpha value is -1.85. The predicted molar refractivity (Wildman–Crippen MR) is 98.6 cm³/mol. The van der Waals surface area contributed by atoms with E-state index in [2.05, 4.69) is 66.7 Å². The van der Waals surface area contributed by atoms with Crippen molar-refractivity contribution in [2.24, 2.45) is 10.7 Å². The second kappa shape index (κ2) is 7.62. The summed E-state index contributed by atoms with van der Waals surface area (Å²) in [6.45, 7) is 5.26. The number of unbranched alkanes of at least 4 members (excludes halogenated alkanes) is 1. The lowest BCUT2D eigenvalue weighted by Crippen LogP contribution is -2.44. The lowest BCUT2D eigenvalue weighted by atomic mass is 10.0. The Labute approximate surface area is 139 Å². The van der Waals surface area contributed by atoms with Crippen LogP contribution in [-0.4, -0.2) is 37.2 Å². The van der Waals surface area contributed by atoms with E-state index in [1.807, 2.05) is 12.3 Å². The summed E-state index contributed by atoms with van der Waals surface area (Å²) in [4.78, 5) is 6.87. The number of para-hydroxylation sites is 1. The van der Waals surface area contributed by atoms with E-state index in [9.17, 15) is 0 Å². The second-order valence-electron chi connectivity index (χ2n) is 6.58. The third kappa shape index (κ3) is 5.08. The molecule has 0 spiro atoms. The van der Waals surface area contributed by atoms with E-state index >= 15 is 0 Å². The van der Waals surface area contributed by atoms with Crippen molar-refractivity contribution in [1.82, 2.24) is 10.2 Å². The number of rotatable bonds is 6. The minimum absolute atomic E-state index is 0.628. The first kappa shape index (κ1) is 17.5. The number of hydrogen-bond acceptors (Lipinski definition) is 5. The highest BCUT2D eigenvalue weighted by atomic mass is 15.2. The Morgan fingerprint density at radius 2 is 1.91 bits per heavy atom. The first-order valence-corrected chi connectivity index (χ1v) is 8.20. The third-order valence-electron chi connectivity index (χ3n) is 4.07. The topological polar surface area (TPSA) is 65.7 Å². The normalized spacial score (nSPS) is 20.3. The molecule has 0 aromatic heterocycles. The van der Waals surface area contributed by atoms with Crippen LogP contribution in [0.15, 0.2) is 35.5 Å². The number of aryl methyl sites for hydroxylation is 2. The van der Waals surface area contributed by atoms with Gasteiger partial charge in [-0.2, -0.15) is 0 Å². The molecule has 1 heterocycles. The van der Waals surface area contributed by atoms with Crippen LogP contribution in [-0.2, 0) is 0 Å². The smallest absolute Gasteiger partial charge is 0.202 e. The summed E-state index contributed by atoms with van der Waals surface area (Å²) in [6.07, 6.45) is 6.85. The molecule has 5 nitrogen and oxygen atoms in total. The van der Waals surface area contributed by atoms with Gasteiger partial charge in [-0.3, -0.25) is 0 Å². The molecule has 1 unspecified atom stereocenters. The van der Waals surface area contributed by atoms with E-state index in [1.54, 1.807) is 0 Å². The lowest BCUT2D eigenvalue weighted by Gasteiger charge is -2.27. The molecule has 1 atom stereocenters. The molecular formula is C18H29N5. The van der Waals surface area contributed by atoms with E-state index in [4.69, 9.17) is 5.73 Å². The van der Waals surface area contributed by atoms with Crippen molar-refractivity contribution < 1.29 is 0 Å². The summed E-state index contributed by atoms with van der Waals surface area (Å²) in [5.74, 6) is 0.708. The number of nitrogens with two attached hydrogens (primary N) is 1. The molecule has 1 aromatic rings. The Balaban J connectivity index is 2.01. The van der Waals surface area contributed by atoms with Crippen LogP contribution in [0.5, 0.6) is 0 Å². The summed E-state index contributed by atoms with van der Waals surface area (Å²) < 4.78 is 0. The second-order valence-corrected chi connectivity index (χ2v) is 6.58. The standard InChI is InChI=1S/C18H29N5/c1-14-8-7-9-15(2)16(14)21-17-20-12-11-18(19,22-17)10-5-6-13-23(3)4/h7-9,11-12H,5-6,10,13,19H2,1-4H3,(H2,20,21,22). The summed E-state index contributed by atoms with van der Waals surface area (Å²) in [5.41, 5.74) is 9.27. The van der Waals surface area contributed by atoms with Crippen LogP contribution < -0.4 is 16.4 Å². The molecule has 0 bridgehead atoms. The Bertz CT molecular complexity index is 571. The molecule has 0 fully saturated rings. The fourth-order valence-electron chi connectivity index (χ4n) is 2.71. The molecule has 0 amide bonds. The minimum Gasteiger partial charge on any atom is -0.333 e. The van der Waals surface area contributed by atoms with Gasteiger partial charge in [0.1, 0.15) is 5.66 Å². The number of benzene rings is 1. The first-order valence-electron chi connectivity index (χ1n) is 8.20. The molecule has 126 valence electrons. The van der Waals surface area contributed by atoms with Gasteiger partial charge in [-0.1, -0.05) is 18.2 Å². The molecule has 1 aliphatic heterocycles. The first-order chi connectivity index (χ1) is 10.9. The molecule has 2 rings (SSSR count). The van der Waals surface area contributed by atoms with E-state index in [0.717, 1.165) is 31.5 Å². The van der Waals surface area contributed by atoms with Crippen molar-refractivity contribution >= 4 is 11.6 Å². The number of aliphatic imine (C=N–C) groups is 1. The van der Waals surface area contributed by atoms with Crippen LogP contribution in [0.3, 0.4) is 0 Å². The number of hydrogen-bond donors (Lipinski definition) is 3. The van der Waals surface area contributed by atoms with E-state index in [0.29, 0.717) is 5.96 Å². The van der Waals surface area contributed by atoms with Gasteiger partial charge >= 0.3 is 0 Å². The van der Waals surface area contributed by atoms with Gasteiger partial charge in [-0.15, -0.1) is 0 Å². The van der Waals surface area contributed by atoms with E-state index < -0.39 is 5.66 Å². The molecule has 0 aliphatic carbocycles. The SMILES string of the molecule is Cc1cccc(C)c1NC1=NC(N)(CCCCN(C)C)C=CN1. The van der Waals surface area contributed by atoms with E-state index in [-0.39, 0.29) is 0 Å². The third-order valence-corrected chi connectivity index (χ3v) is 4.07.